The van der Waals surface area contributed by atoms with E-state index in [2.05, 4.69) is 20.9 Å². The van der Waals surface area contributed by atoms with Crippen LogP contribution in [0.1, 0.15) is 31.2 Å². The van der Waals surface area contributed by atoms with Gasteiger partial charge in [-0.2, -0.15) is 13.2 Å². The van der Waals surface area contributed by atoms with Crippen LogP contribution in [0, 0.1) is 11.8 Å². The average molecular weight is 350 g/mol. The van der Waals surface area contributed by atoms with E-state index in [4.69, 9.17) is 0 Å². The highest BCUT2D eigenvalue weighted by Crippen LogP contribution is 2.39. The van der Waals surface area contributed by atoms with Crippen molar-refractivity contribution in [1.82, 2.24) is 4.98 Å². The zero-order chi connectivity index (χ0) is 14.8. The number of nitrogens with zero attached hydrogens (tertiary/aromatic N) is 1. The summed E-state index contributed by atoms with van der Waals surface area (Å²) in [4.78, 5) is 16.1. The minimum Gasteiger partial charge on any atom is -0.299 e. The fraction of sp³-hybridized carbons (Fsp3) is 0.571. The first-order chi connectivity index (χ1) is 9.36. The van der Waals surface area contributed by atoms with Gasteiger partial charge in [-0.05, 0) is 53.2 Å². The van der Waals surface area contributed by atoms with Gasteiger partial charge >= 0.3 is 6.18 Å². The molecule has 0 amide bonds. The number of hydrogen-bond donors (Lipinski definition) is 0. The Bertz CT molecular complexity index is 482. The average Bonchev–Trinajstić information content (AvgIpc) is 2.38. The van der Waals surface area contributed by atoms with Crippen molar-refractivity contribution in [3.63, 3.8) is 0 Å². The van der Waals surface area contributed by atoms with Gasteiger partial charge in [0.1, 0.15) is 5.78 Å². The Morgan fingerprint density at radius 1 is 1.25 bits per heavy atom. The molecule has 1 fully saturated rings. The van der Waals surface area contributed by atoms with Crippen molar-refractivity contribution in [2.75, 3.05) is 0 Å². The Hall–Kier alpha value is -0.910. The van der Waals surface area contributed by atoms with Crippen LogP contribution >= 0.6 is 15.9 Å². The third-order valence-corrected chi connectivity index (χ3v) is 4.22. The molecular weight excluding hydrogens is 335 g/mol. The van der Waals surface area contributed by atoms with Gasteiger partial charge in [0.2, 0.25) is 0 Å². The third kappa shape index (κ3) is 4.04. The maximum atomic E-state index is 12.6. The largest absolute Gasteiger partial charge is 0.391 e. The number of carbonyl (C=O) groups is 1. The highest BCUT2D eigenvalue weighted by molar-refractivity contribution is 9.10. The molecular formula is C14H15BrF3NO. The van der Waals surface area contributed by atoms with Crippen molar-refractivity contribution in [3.05, 3.63) is 28.5 Å². The normalized spacial score (nSPS) is 23.6. The van der Waals surface area contributed by atoms with E-state index in [0.29, 0.717) is 12.8 Å². The lowest BCUT2D eigenvalue weighted by atomic mass is 9.78. The summed E-state index contributed by atoms with van der Waals surface area (Å²) in [7, 11) is 0. The van der Waals surface area contributed by atoms with E-state index in [1.807, 2.05) is 6.07 Å². The van der Waals surface area contributed by atoms with E-state index in [0.717, 1.165) is 10.0 Å². The smallest absolute Gasteiger partial charge is 0.299 e. The molecule has 1 aliphatic rings. The fourth-order valence-electron chi connectivity index (χ4n) is 2.64. The number of aromatic nitrogens is 1. The summed E-state index contributed by atoms with van der Waals surface area (Å²) in [6, 6.07) is 1.81. The predicted molar refractivity (Wildman–Crippen MR) is 72.2 cm³/mol. The lowest BCUT2D eigenvalue weighted by molar-refractivity contribution is -0.184. The van der Waals surface area contributed by atoms with Gasteiger partial charge in [0, 0.05) is 29.2 Å². The predicted octanol–water partition coefficient (Wildman–Crippen LogP) is 4.32. The Kier molecular flexibility index (Phi) is 4.83. The molecule has 0 atom stereocenters. The molecule has 0 radical (unpaired) electrons. The second kappa shape index (κ2) is 6.24. The molecule has 0 N–H and O–H groups in total. The summed E-state index contributed by atoms with van der Waals surface area (Å²) in [5.74, 6) is -1.46. The first-order valence-electron chi connectivity index (χ1n) is 6.55. The van der Waals surface area contributed by atoms with Crippen LogP contribution in [0.2, 0.25) is 0 Å². The van der Waals surface area contributed by atoms with Crippen molar-refractivity contribution in [3.8, 4) is 0 Å². The molecule has 0 aliphatic heterocycles. The lowest BCUT2D eigenvalue weighted by Crippen LogP contribution is -2.30. The number of rotatable bonds is 3. The Morgan fingerprint density at radius 2 is 1.90 bits per heavy atom. The lowest BCUT2D eigenvalue weighted by Gasteiger charge is -2.29. The molecule has 0 unspecified atom stereocenters. The van der Waals surface area contributed by atoms with Crippen LogP contribution in [0.4, 0.5) is 13.2 Å². The summed E-state index contributed by atoms with van der Waals surface area (Å²) in [5, 5.41) is 0. The van der Waals surface area contributed by atoms with Gasteiger partial charge in [-0.25, -0.2) is 0 Å². The monoisotopic (exact) mass is 349 g/mol. The maximum Gasteiger partial charge on any atom is 0.391 e. The Labute approximate surface area is 123 Å². The molecule has 20 heavy (non-hydrogen) atoms. The molecule has 1 heterocycles. The number of pyridine rings is 1. The van der Waals surface area contributed by atoms with Crippen LogP contribution in [0.3, 0.4) is 0 Å². The quantitative estimate of drug-likeness (QED) is 0.813. The van der Waals surface area contributed by atoms with E-state index < -0.39 is 12.1 Å². The number of carbonyl (C=O) groups excluding carboxylic acids is 1. The standard InChI is InChI=1S/C14H15BrF3NO/c15-12-5-9(7-19-8-12)6-13(20)10-1-3-11(4-2-10)14(16,17)18/h5,7-8,10-11H,1-4,6H2. The Morgan fingerprint density at radius 3 is 2.45 bits per heavy atom. The summed E-state index contributed by atoms with van der Waals surface area (Å²) in [5.41, 5.74) is 0.794. The zero-order valence-corrected chi connectivity index (χ0v) is 12.4. The van der Waals surface area contributed by atoms with Gasteiger partial charge in [-0.1, -0.05) is 0 Å². The fourth-order valence-corrected chi connectivity index (χ4v) is 3.05. The van der Waals surface area contributed by atoms with Crippen LogP contribution in [0.15, 0.2) is 22.9 Å². The van der Waals surface area contributed by atoms with Crippen LogP contribution in [0.25, 0.3) is 0 Å². The van der Waals surface area contributed by atoms with E-state index in [9.17, 15) is 18.0 Å². The van der Waals surface area contributed by atoms with E-state index in [-0.39, 0.29) is 31.0 Å². The van der Waals surface area contributed by atoms with E-state index in [1.165, 1.54) is 0 Å². The molecule has 6 heteroatoms. The van der Waals surface area contributed by atoms with Gasteiger partial charge in [0.05, 0.1) is 5.92 Å². The summed E-state index contributed by atoms with van der Waals surface area (Å²) in [6.07, 6.45) is 0.171. The van der Waals surface area contributed by atoms with Gasteiger partial charge in [-0.3, -0.25) is 9.78 Å². The van der Waals surface area contributed by atoms with Crippen LogP contribution in [-0.2, 0) is 11.2 Å². The molecule has 0 spiro atoms. The summed E-state index contributed by atoms with van der Waals surface area (Å²) < 4.78 is 38.5. The summed E-state index contributed by atoms with van der Waals surface area (Å²) >= 11 is 3.28. The minimum atomic E-state index is -4.12. The SMILES string of the molecule is O=C(Cc1cncc(Br)c1)C1CCC(C(F)(F)F)CC1. The molecule has 1 saturated carbocycles. The zero-order valence-electron chi connectivity index (χ0n) is 10.8. The highest BCUT2D eigenvalue weighted by Gasteiger charge is 2.42. The van der Waals surface area contributed by atoms with E-state index >= 15 is 0 Å². The van der Waals surface area contributed by atoms with Gasteiger partial charge in [-0.15, -0.1) is 0 Å². The minimum absolute atomic E-state index is 0.0190. The molecule has 0 saturated heterocycles. The second-order valence-electron chi connectivity index (χ2n) is 5.24. The summed E-state index contributed by atoms with van der Waals surface area (Å²) in [6.45, 7) is 0. The number of Topliss-reactive ketones (excluding diaryl/α,β-unsaturated/α-hetero) is 1. The van der Waals surface area contributed by atoms with Crippen molar-refractivity contribution >= 4 is 21.7 Å². The molecule has 0 bridgehead atoms. The van der Waals surface area contributed by atoms with Gasteiger partial charge in [0.15, 0.2) is 0 Å². The number of hydrogen-bond acceptors (Lipinski definition) is 2. The number of ketones is 1. The van der Waals surface area contributed by atoms with Gasteiger partial charge in [0.25, 0.3) is 0 Å². The molecule has 1 aromatic rings. The van der Waals surface area contributed by atoms with Crippen molar-refractivity contribution < 1.29 is 18.0 Å². The van der Waals surface area contributed by atoms with Crippen LogP contribution in [-0.4, -0.2) is 16.9 Å². The first-order valence-corrected chi connectivity index (χ1v) is 7.34. The van der Waals surface area contributed by atoms with E-state index in [1.54, 1.807) is 12.4 Å². The number of halogens is 4. The molecule has 0 aromatic carbocycles. The van der Waals surface area contributed by atoms with Crippen molar-refractivity contribution in [1.29, 1.82) is 0 Å². The highest BCUT2D eigenvalue weighted by atomic mass is 79.9. The number of alkyl halides is 3. The van der Waals surface area contributed by atoms with Crippen molar-refractivity contribution in [2.45, 2.75) is 38.3 Å². The molecule has 1 aliphatic carbocycles. The molecule has 2 nitrogen and oxygen atoms in total. The maximum absolute atomic E-state index is 12.6. The van der Waals surface area contributed by atoms with Crippen molar-refractivity contribution in [2.24, 2.45) is 11.8 Å². The molecule has 2 rings (SSSR count). The van der Waals surface area contributed by atoms with Crippen LogP contribution < -0.4 is 0 Å². The van der Waals surface area contributed by atoms with Crippen LogP contribution in [0.5, 0.6) is 0 Å². The second-order valence-corrected chi connectivity index (χ2v) is 6.16. The Balaban J connectivity index is 1.89. The molecule has 110 valence electrons. The third-order valence-electron chi connectivity index (χ3n) is 3.79. The van der Waals surface area contributed by atoms with Gasteiger partial charge < -0.3 is 0 Å². The first kappa shape index (κ1) is 15.5. The topological polar surface area (TPSA) is 30.0 Å². The molecule has 1 aromatic heterocycles.